The van der Waals surface area contributed by atoms with Crippen molar-refractivity contribution in [3.8, 4) is 0 Å². The second kappa shape index (κ2) is 11.1. The fraction of sp³-hybridized carbons (Fsp3) is 0.867. The van der Waals surface area contributed by atoms with Crippen molar-refractivity contribution in [2.75, 3.05) is 60.1 Å². The maximum Gasteiger partial charge on any atom is 0.409 e. The molecule has 1 fully saturated rings. The van der Waals surface area contributed by atoms with Crippen LogP contribution in [0.15, 0.2) is 4.99 Å². The molecule has 0 aliphatic carbocycles. The highest BCUT2D eigenvalue weighted by molar-refractivity contribution is 5.80. The Balaban J connectivity index is 2.24. The zero-order chi connectivity index (χ0) is 16.2. The summed E-state index contributed by atoms with van der Waals surface area (Å²) >= 11 is 0. The van der Waals surface area contributed by atoms with E-state index in [2.05, 4.69) is 15.2 Å². The van der Waals surface area contributed by atoms with E-state index in [1.54, 1.807) is 19.1 Å². The minimum absolute atomic E-state index is 0.219. The number of amides is 1. The number of unbranched alkanes of at least 4 members (excludes halogenated alkanes) is 2. The Hall–Kier alpha value is -1.50. The number of ether oxygens (including phenoxy) is 2. The Kier molecular flexibility index (Phi) is 9.37. The van der Waals surface area contributed by atoms with Crippen molar-refractivity contribution in [1.29, 1.82) is 0 Å². The monoisotopic (exact) mass is 314 g/mol. The van der Waals surface area contributed by atoms with Gasteiger partial charge in [-0.1, -0.05) is 0 Å². The van der Waals surface area contributed by atoms with Crippen LogP contribution < -0.4 is 5.32 Å². The van der Waals surface area contributed by atoms with E-state index in [1.807, 2.05) is 6.92 Å². The molecule has 0 atom stereocenters. The van der Waals surface area contributed by atoms with Gasteiger partial charge in [-0.3, -0.25) is 4.99 Å². The van der Waals surface area contributed by atoms with Crippen LogP contribution in [-0.4, -0.2) is 81.9 Å². The number of rotatable bonds is 7. The van der Waals surface area contributed by atoms with Gasteiger partial charge < -0.3 is 24.6 Å². The summed E-state index contributed by atoms with van der Waals surface area (Å²) < 4.78 is 10.1. The lowest BCUT2D eigenvalue weighted by Gasteiger charge is -2.35. The summed E-state index contributed by atoms with van der Waals surface area (Å²) in [5, 5.41) is 3.39. The largest absolute Gasteiger partial charge is 0.450 e. The Morgan fingerprint density at radius 1 is 1.14 bits per heavy atom. The van der Waals surface area contributed by atoms with Gasteiger partial charge in [-0.15, -0.1) is 0 Å². The Morgan fingerprint density at radius 2 is 1.82 bits per heavy atom. The third kappa shape index (κ3) is 6.51. The second-order valence-electron chi connectivity index (χ2n) is 5.20. The molecule has 0 spiro atoms. The molecule has 0 unspecified atom stereocenters. The summed E-state index contributed by atoms with van der Waals surface area (Å²) in [4.78, 5) is 19.9. The minimum atomic E-state index is -0.219. The van der Waals surface area contributed by atoms with E-state index >= 15 is 0 Å². The molecule has 1 N–H and O–H groups in total. The quantitative estimate of drug-likeness (QED) is 0.434. The van der Waals surface area contributed by atoms with E-state index in [9.17, 15) is 4.79 Å². The number of nitrogens with one attached hydrogen (secondary N) is 1. The lowest BCUT2D eigenvalue weighted by atomic mass is 10.2. The van der Waals surface area contributed by atoms with E-state index in [4.69, 9.17) is 9.47 Å². The van der Waals surface area contributed by atoms with Gasteiger partial charge in [0.05, 0.1) is 6.61 Å². The molecule has 22 heavy (non-hydrogen) atoms. The van der Waals surface area contributed by atoms with Crippen LogP contribution in [0.1, 0.15) is 26.2 Å². The van der Waals surface area contributed by atoms with Crippen molar-refractivity contribution >= 4 is 12.1 Å². The highest BCUT2D eigenvalue weighted by Gasteiger charge is 2.23. The summed E-state index contributed by atoms with van der Waals surface area (Å²) in [7, 11) is 3.53. The third-order valence-electron chi connectivity index (χ3n) is 3.63. The van der Waals surface area contributed by atoms with E-state index < -0.39 is 0 Å². The van der Waals surface area contributed by atoms with Crippen LogP contribution in [0.5, 0.6) is 0 Å². The van der Waals surface area contributed by atoms with Crippen LogP contribution in [0, 0.1) is 0 Å². The molecule has 0 aromatic rings. The van der Waals surface area contributed by atoms with Gasteiger partial charge in [0.25, 0.3) is 0 Å². The number of methoxy groups -OCH3 is 1. The van der Waals surface area contributed by atoms with Gasteiger partial charge in [0.15, 0.2) is 5.96 Å². The zero-order valence-corrected chi connectivity index (χ0v) is 14.1. The molecule has 128 valence electrons. The average molecular weight is 314 g/mol. The van der Waals surface area contributed by atoms with E-state index in [1.165, 1.54) is 0 Å². The summed E-state index contributed by atoms with van der Waals surface area (Å²) in [6, 6.07) is 0. The first kappa shape index (κ1) is 18.5. The normalized spacial score (nSPS) is 15.9. The van der Waals surface area contributed by atoms with Crippen LogP contribution in [0.2, 0.25) is 0 Å². The number of hydrogen-bond acceptors (Lipinski definition) is 4. The molecular formula is C15H30N4O3. The molecule has 1 heterocycles. The maximum absolute atomic E-state index is 11.7. The van der Waals surface area contributed by atoms with E-state index in [0.717, 1.165) is 51.5 Å². The number of nitrogens with zero attached hydrogens (tertiary/aromatic N) is 3. The first-order chi connectivity index (χ1) is 10.7. The Bertz CT molecular complexity index is 342. The number of carbonyl (C=O) groups excluding carboxylic acids is 1. The Labute approximate surface area is 133 Å². The third-order valence-corrected chi connectivity index (χ3v) is 3.63. The number of piperazine rings is 1. The molecule has 0 aromatic carbocycles. The molecule has 0 saturated carbocycles. The highest BCUT2D eigenvalue weighted by atomic mass is 16.6. The van der Waals surface area contributed by atoms with Crippen molar-refractivity contribution < 1.29 is 14.3 Å². The number of aliphatic imine (C=N–C) groups is 1. The fourth-order valence-electron chi connectivity index (χ4n) is 2.40. The van der Waals surface area contributed by atoms with Crippen LogP contribution >= 0.6 is 0 Å². The van der Waals surface area contributed by atoms with Gasteiger partial charge in [0.2, 0.25) is 0 Å². The summed E-state index contributed by atoms with van der Waals surface area (Å²) in [5.74, 6) is 0.912. The van der Waals surface area contributed by atoms with Gasteiger partial charge in [0.1, 0.15) is 0 Å². The molecule has 1 amide bonds. The summed E-state index contributed by atoms with van der Waals surface area (Å²) in [6.45, 7) is 6.89. The number of carbonyl (C=O) groups is 1. The predicted molar refractivity (Wildman–Crippen MR) is 87.3 cm³/mol. The average Bonchev–Trinajstić information content (AvgIpc) is 2.55. The van der Waals surface area contributed by atoms with Crippen LogP contribution in [-0.2, 0) is 9.47 Å². The van der Waals surface area contributed by atoms with Gasteiger partial charge in [-0.05, 0) is 26.2 Å². The van der Waals surface area contributed by atoms with Gasteiger partial charge in [0, 0.05) is 53.5 Å². The van der Waals surface area contributed by atoms with Crippen molar-refractivity contribution in [1.82, 2.24) is 15.1 Å². The van der Waals surface area contributed by atoms with Crippen LogP contribution in [0.25, 0.3) is 0 Å². The molecule has 0 bridgehead atoms. The van der Waals surface area contributed by atoms with Crippen molar-refractivity contribution in [3.05, 3.63) is 0 Å². The van der Waals surface area contributed by atoms with Gasteiger partial charge >= 0.3 is 6.09 Å². The SMILES string of the molecule is CCOC(=O)N1CCN(C(=NC)NCCCCCOC)CC1. The lowest BCUT2D eigenvalue weighted by Crippen LogP contribution is -2.54. The van der Waals surface area contributed by atoms with Gasteiger partial charge in [-0.25, -0.2) is 4.79 Å². The summed E-state index contributed by atoms with van der Waals surface area (Å²) in [6.07, 6.45) is 3.12. The van der Waals surface area contributed by atoms with Crippen molar-refractivity contribution in [2.24, 2.45) is 4.99 Å². The maximum atomic E-state index is 11.7. The smallest absolute Gasteiger partial charge is 0.409 e. The minimum Gasteiger partial charge on any atom is -0.450 e. The van der Waals surface area contributed by atoms with Crippen LogP contribution in [0.4, 0.5) is 4.79 Å². The topological polar surface area (TPSA) is 66.4 Å². The fourth-order valence-corrected chi connectivity index (χ4v) is 2.40. The lowest BCUT2D eigenvalue weighted by molar-refractivity contribution is 0.0914. The molecule has 1 aliphatic heterocycles. The molecule has 0 aromatic heterocycles. The summed E-state index contributed by atoms with van der Waals surface area (Å²) in [5.41, 5.74) is 0. The van der Waals surface area contributed by atoms with Crippen LogP contribution in [0.3, 0.4) is 0 Å². The molecule has 1 saturated heterocycles. The molecular weight excluding hydrogens is 284 g/mol. The number of guanidine groups is 1. The first-order valence-electron chi connectivity index (χ1n) is 8.09. The van der Waals surface area contributed by atoms with E-state index in [-0.39, 0.29) is 6.09 Å². The van der Waals surface area contributed by atoms with Crippen molar-refractivity contribution in [2.45, 2.75) is 26.2 Å². The predicted octanol–water partition coefficient (Wildman–Crippen LogP) is 1.15. The molecule has 1 aliphatic rings. The first-order valence-corrected chi connectivity index (χ1v) is 8.09. The van der Waals surface area contributed by atoms with Gasteiger partial charge in [-0.2, -0.15) is 0 Å². The Morgan fingerprint density at radius 3 is 2.41 bits per heavy atom. The standard InChI is InChI=1S/C15H30N4O3/c1-4-22-15(20)19-11-9-18(10-12-19)14(16-2)17-8-6-5-7-13-21-3/h4-13H2,1-3H3,(H,16,17). The second-order valence-corrected chi connectivity index (χ2v) is 5.20. The number of hydrogen-bond donors (Lipinski definition) is 1. The molecule has 7 nitrogen and oxygen atoms in total. The zero-order valence-electron chi connectivity index (χ0n) is 14.1. The molecule has 7 heteroatoms. The van der Waals surface area contributed by atoms with Crippen molar-refractivity contribution in [3.63, 3.8) is 0 Å². The molecule has 1 rings (SSSR count). The highest BCUT2D eigenvalue weighted by Crippen LogP contribution is 2.04. The molecule has 0 radical (unpaired) electrons. The van der Waals surface area contributed by atoms with E-state index in [0.29, 0.717) is 19.7 Å².